The highest BCUT2D eigenvalue weighted by molar-refractivity contribution is 5.96. The van der Waals surface area contributed by atoms with Gasteiger partial charge in [-0.25, -0.2) is 0 Å². The number of carbonyl (C=O) groups excluding carboxylic acids is 1. The Labute approximate surface area is 177 Å². The van der Waals surface area contributed by atoms with Crippen LogP contribution in [0.2, 0.25) is 0 Å². The maximum absolute atomic E-state index is 13.2. The fourth-order valence-electron chi connectivity index (χ4n) is 4.05. The van der Waals surface area contributed by atoms with Crippen molar-refractivity contribution >= 4 is 11.6 Å². The van der Waals surface area contributed by atoms with Crippen LogP contribution < -0.4 is 10.1 Å². The van der Waals surface area contributed by atoms with E-state index >= 15 is 0 Å². The molecule has 1 aromatic carbocycles. The molecule has 8 nitrogen and oxygen atoms in total. The molecule has 5 atom stereocenters. The molecule has 3 aliphatic rings. The molecular formula is C22H31NO7. The van der Waals surface area contributed by atoms with E-state index in [1.807, 2.05) is 45.9 Å². The summed E-state index contributed by atoms with van der Waals surface area (Å²) in [5, 5.41) is 2.93. The lowest BCUT2D eigenvalue weighted by Gasteiger charge is -2.36. The van der Waals surface area contributed by atoms with E-state index in [1.165, 1.54) is 0 Å². The topological polar surface area (TPSA) is 84.5 Å². The number of rotatable bonds is 6. The zero-order valence-corrected chi connectivity index (χ0v) is 18.2. The molecular weight excluding hydrogens is 390 g/mol. The van der Waals surface area contributed by atoms with E-state index in [4.69, 9.17) is 28.4 Å². The average Bonchev–Trinajstić information content (AvgIpc) is 3.16. The summed E-state index contributed by atoms with van der Waals surface area (Å²) in [6.07, 6.45) is -1.24. The number of benzene rings is 1. The van der Waals surface area contributed by atoms with Crippen LogP contribution in [0.25, 0.3) is 0 Å². The van der Waals surface area contributed by atoms with Gasteiger partial charge in [-0.3, -0.25) is 4.79 Å². The van der Waals surface area contributed by atoms with Crippen LogP contribution in [0.4, 0.5) is 5.69 Å². The van der Waals surface area contributed by atoms with Crippen LogP contribution in [0.1, 0.15) is 47.5 Å². The minimum atomic E-state index is -0.917. The third kappa shape index (κ3) is 4.33. The second kappa shape index (κ2) is 8.09. The first-order valence-corrected chi connectivity index (χ1v) is 10.6. The molecule has 3 heterocycles. The number of unbranched alkanes of at least 4 members (excludes halogenated alkanes) is 1. The average molecular weight is 421 g/mol. The van der Waals surface area contributed by atoms with Crippen molar-refractivity contribution in [1.82, 2.24) is 0 Å². The largest absolute Gasteiger partial charge is 0.491 e. The maximum Gasteiger partial charge on any atom is 0.256 e. The van der Waals surface area contributed by atoms with Gasteiger partial charge >= 0.3 is 0 Å². The second-order valence-corrected chi connectivity index (χ2v) is 8.78. The molecule has 8 heteroatoms. The van der Waals surface area contributed by atoms with Gasteiger partial charge in [-0.15, -0.1) is 0 Å². The molecule has 0 aromatic heterocycles. The van der Waals surface area contributed by atoms with Crippen molar-refractivity contribution in [2.75, 3.05) is 11.9 Å². The van der Waals surface area contributed by atoms with Crippen LogP contribution in [0.5, 0.6) is 5.75 Å². The molecule has 30 heavy (non-hydrogen) atoms. The van der Waals surface area contributed by atoms with Crippen molar-refractivity contribution in [3.8, 4) is 5.75 Å². The summed E-state index contributed by atoms with van der Waals surface area (Å²) in [5.41, 5.74) is 0.586. The third-order valence-corrected chi connectivity index (χ3v) is 5.31. The first-order chi connectivity index (χ1) is 14.2. The summed E-state index contributed by atoms with van der Waals surface area (Å²) in [7, 11) is 0. The molecule has 0 radical (unpaired) electrons. The smallest absolute Gasteiger partial charge is 0.256 e. The molecule has 0 unspecified atom stereocenters. The van der Waals surface area contributed by atoms with E-state index in [2.05, 4.69) is 12.2 Å². The number of nitrogens with one attached hydrogen (secondary N) is 1. The number of ether oxygens (including phenoxy) is 6. The van der Waals surface area contributed by atoms with Gasteiger partial charge in [0.1, 0.15) is 24.1 Å². The predicted octanol–water partition coefficient (Wildman–Crippen LogP) is 3.20. The second-order valence-electron chi connectivity index (χ2n) is 8.78. The molecule has 166 valence electrons. The minimum Gasteiger partial charge on any atom is -0.491 e. The van der Waals surface area contributed by atoms with E-state index in [0.717, 1.165) is 12.8 Å². The number of hydrogen-bond donors (Lipinski definition) is 1. The first-order valence-electron chi connectivity index (χ1n) is 10.6. The lowest BCUT2D eigenvalue weighted by atomic mass is 9.98. The summed E-state index contributed by atoms with van der Waals surface area (Å²) in [6, 6.07) is 7.35. The number of amides is 1. The Morgan fingerprint density at radius 2 is 1.67 bits per heavy atom. The fourth-order valence-corrected chi connectivity index (χ4v) is 4.05. The number of fused-ring (bicyclic) bond motifs is 3. The molecule has 0 saturated carbocycles. The summed E-state index contributed by atoms with van der Waals surface area (Å²) in [4.78, 5) is 13.2. The highest BCUT2D eigenvalue weighted by Crippen LogP contribution is 2.44. The zero-order valence-electron chi connectivity index (χ0n) is 18.2. The first kappa shape index (κ1) is 21.5. The van der Waals surface area contributed by atoms with Crippen LogP contribution in [-0.4, -0.2) is 54.8 Å². The van der Waals surface area contributed by atoms with Gasteiger partial charge in [0.25, 0.3) is 5.91 Å². The van der Waals surface area contributed by atoms with Gasteiger partial charge in [0, 0.05) is 0 Å². The van der Waals surface area contributed by atoms with E-state index in [1.54, 1.807) is 6.07 Å². The SMILES string of the molecule is CCCCOc1ccccc1NC(=O)[C@H]1O[C@@H]2OC(C)(C)O[C@@H]2[C@H]2OC(C)(C)O[C@H]21. The van der Waals surface area contributed by atoms with Crippen LogP contribution >= 0.6 is 0 Å². The van der Waals surface area contributed by atoms with Crippen molar-refractivity contribution in [3.05, 3.63) is 24.3 Å². The van der Waals surface area contributed by atoms with Crippen molar-refractivity contribution in [2.24, 2.45) is 0 Å². The predicted molar refractivity (Wildman–Crippen MR) is 108 cm³/mol. The quantitative estimate of drug-likeness (QED) is 0.706. The number of anilines is 1. The van der Waals surface area contributed by atoms with Crippen LogP contribution in [0, 0.1) is 0 Å². The van der Waals surface area contributed by atoms with Gasteiger partial charge in [0.05, 0.1) is 12.3 Å². The lowest BCUT2D eigenvalue weighted by Crippen LogP contribution is -2.58. The maximum atomic E-state index is 13.2. The van der Waals surface area contributed by atoms with Gasteiger partial charge in [-0.05, 0) is 46.2 Å². The van der Waals surface area contributed by atoms with E-state index in [0.29, 0.717) is 18.0 Å². The Morgan fingerprint density at radius 1 is 1.00 bits per heavy atom. The zero-order chi connectivity index (χ0) is 21.5. The number of para-hydroxylation sites is 2. The highest BCUT2D eigenvalue weighted by atomic mass is 16.9. The Hall–Kier alpha value is -1.71. The lowest BCUT2D eigenvalue weighted by molar-refractivity contribution is -0.229. The van der Waals surface area contributed by atoms with Gasteiger partial charge in [0.2, 0.25) is 0 Å². The van der Waals surface area contributed by atoms with Gasteiger partial charge in [-0.2, -0.15) is 0 Å². The van der Waals surface area contributed by atoms with E-state index < -0.39 is 42.3 Å². The Kier molecular flexibility index (Phi) is 5.80. The number of carbonyl (C=O) groups is 1. The van der Waals surface area contributed by atoms with Gasteiger partial charge < -0.3 is 33.7 Å². The monoisotopic (exact) mass is 421 g/mol. The summed E-state index contributed by atoms with van der Waals surface area (Å²) >= 11 is 0. The standard InChI is InChI=1S/C22H31NO7/c1-6-7-12-25-14-11-9-8-10-13(14)23-19(24)17-15-16(28-21(2,3)27-15)18-20(26-17)30-22(4,5)29-18/h8-11,15-18,20H,6-7,12H2,1-5H3,(H,23,24)/t15-,16+,17+,18-,20-/m1/s1. The summed E-state index contributed by atoms with van der Waals surface area (Å²) in [6.45, 7) is 9.93. The van der Waals surface area contributed by atoms with Crippen molar-refractivity contribution < 1.29 is 33.2 Å². The van der Waals surface area contributed by atoms with Crippen molar-refractivity contribution in [1.29, 1.82) is 0 Å². The number of hydrogen-bond acceptors (Lipinski definition) is 7. The van der Waals surface area contributed by atoms with Crippen molar-refractivity contribution in [2.45, 2.75) is 89.7 Å². The molecule has 3 aliphatic heterocycles. The Morgan fingerprint density at radius 3 is 2.43 bits per heavy atom. The van der Waals surface area contributed by atoms with E-state index in [9.17, 15) is 4.79 Å². The Balaban J connectivity index is 1.53. The molecule has 1 amide bonds. The fraction of sp³-hybridized carbons (Fsp3) is 0.682. The molecule has 0 spiro atoms. The van der Waals surface area contributed by atoms with E-state index in [-0.39, 0.29) is 5.91 Å². The van der Waals surface area contributed by atoms with Gasteiger partial charge in [-0.1, -0.05) is 25.5 Å². The molecule has 3 saturated heterocycles. The van der Waals surface area contributed by atoms with Crippen LogP contribution in [0.3, 0.4) is 0 Å². The highest BCUT2D eigenvalue weighted by Gasteiger charge is 2.62. The Bertz CT molecular complexity index is 781. The summed E-state index contributed by atoms with van der Waals surface area (Å²) in [5.74, 6) is -1.41. The van der Waals surface area contributed by atoms with Crippen LogP contribution in [-0.2, 0) is 28.5 Å². The molecule has 1 aromatic rings. The summed E-state index contributed by atoms with van der Waals surface area (Å²) < 4.78 is 35.8. The minimum absolute atomic E-state index is 0.343. The third-order valence-electron chi connectivity index (χ3n) is 5.31. The normalized spacial score (nSPS) is 33.6. The molecule has 1 N–H and O–H groups in total. The molecule has 3 fully saturated rings. The van der Waals surface area contributed by atoms with Crippen molar-refractivity contribution in [3.63, 3.8) is 0 Å². The molecule has 0 aliphatic carbocycles. The van der Waals surface area contributed by atoms with Gasteiger partial charge in [0.15, 0.2) is 24.0 Å². The molecule has 4 rings (SSSR count). The van der Waals surface area contributed by atoms with Crippen LogP contribution in [0.15, 0.2) is 24.3 Å². The molecule has 0 bridgehead atoms.